The Kier molecular flexibility index (Phi) is 4.23. The maximum atomic E-state index is 12.6. The van der Waals surface area contributed by atoms with Crippen LogP contribution in [0.3, 0.4) is 0 Å². The highest BCUT2D eigenvalue weighted by Gasteiger charge is 2.25. The molecule has 3 heterocycles. The van der Waals surface area contributed by atoms with Crippen LogP contribution in [0.4, 0.5) is 0 Å². The fourth-order valence-corrected chi connectivity index (χ4v) is 3.27. The number of carbonyl (C=O) groups excluding carboxylic acids is 1. The SMILES string of the molecule is Cc1cc(C(=O)N2CCOCC(Cc3ccc4[nH]ncc4c3)C2)no1. The summed E-state index contributed by atoms with van der Waals surface area (Å²) < 4.78 is 10.7. The lowest BCUT2D eigenvalue weighted by atomic mass is 9.98. The van der Waals surface area contributed by atoms with Crippen molar-refractivity contribution >= 4 is 16.8 Å². The summed E-state index contributed by atoms with van der Waals surface area (Å²) in [6.45, 7) is 4.19. The number of aryl methyl sites for hydroxylation is 1. The molecule has 1 atom stereocenters. The fraction of sp³-hybridized carbons (Fsp3) is 0.389. The van der Waals surface area contributed by atoms with E-state index in [1.54, 1.807) is 13.0 Å². The van der Waals surface area contributed by atoms with E-state index < -0.39 is 0 Å². The summed E-state index contributed by atoms with van der Waals surface area (Å²) >= 11 is 0. The first-order chi connectivity index (χ1) is 12.2. The minimum absolute atomic E-state index is 0.0994. The molecule has 7 heteroatoms. The molecule has 0 radical (unpaired) electrons. The maximum absolute atomic E-state index is 12.6. The van der Waals surface area contributed by atoms with Gasteiger partial charge in [0.15, 0.2) is 5.69 Å². The summed E-state index contributed by atoms with van der Waals surface area (Å²) in [5.74, 6) is 0.779. The van der Waals surface area contributed by atoms with Crippen molar-refractivity contribution in [3.63, 3.8) is 0 Å². The highest BCUT2D eigenvalue weighted by Crippen LogP contribution is 2.19. The molecule has 25 heavy (non-hydrogen) atoms. The van der Waals surface area contributed by atoms with Crippen molar-refractivity contribution in [3.05, 3.63) is 47.5 Å². The van der Waals surface area contributed by atoms with E-state index in [0.29, 0.717) is 37.8 Å². The van der Waals surface area contributed by atoms with Gasteiger partial charge < -0.3 is 14.2 Å². The number of fused-ring (bicyclic) bond motifs is 1. The van der Waals surface area contributed by atoms with Crippen LogP contribution < -0.4 is 0 Å². The van der Waals surface area contributed by atoms with Crippen LogP contribution in [-0.2, 0) is 11.2 Å². The second kappa shape index (κ2) is 6.68. The van der Waals surface area contributed by atoms with Crippen molar-refractivity contribution in [2.24, 2.45) is 5.92 Å². The van der Waals surface area contributed by atoms with E-state index in [2.05, 4.69) is 27.5 Å². The molecule has 1 aliphatic rings. The molecule has 1 saturated heterocycles. The maximum Gasteiger partial charge on any atom is 0.276 e. The molecular weight excluding hydrogens is 320 g/mol. The van der Waals surface area contributed by atoms with Gasteiger partial charge in [0.25, 0.3) is 5.91 Å². The summed E-state index contributed by atoms with van der Waals surface area (Å²) in [6, 6.07) is 7.95. The zero-order valence-electron chi connectivity index (χ0n) is 14.1. The van der Waals surface area contributed by atoms with Gasteiger partial charge >= 0.3 is 0 Å². The summed E-state index contributed by atoms with van der Waals surface area (Å²) in [5, 5.41) is 12.0. The molecule has 130 valence electrons. The highest BCUT2D eigenvalue weighted by atomic mass is 16.5. The molecule has 1 aliphatic heterocycles. The van der Waals surface area contributed by atoms with Crippen molar-refractivity contribution in [2.45, 2.75) is 13.3 Å². The molecule has 4 rings (SSSR count). The van der Waals surface area contributed by atoms with E-state index in [1.165, 1.54) is 5.56 Å². The Bertz CT molecular complexity index is 885. The lowest BCUT2D eigenvalue weighted by molar-refractivity contribution is 0.0727. The number of nitrogens with zero attached hydrogens (tertiary/aromatic N) is 3. The van der Waals surface area contributed by atoms with Gasteiger partial charge in [-0.15, -0.1) is 0 Å². The van der Waals surface area contributed by atoms with Gasteiger partial charge in [0.05, 0.1) is 24.9 Å². The first kappa shape index (κ1) is 15.8. The quantitative estimate of drug-likeness (QED) is 0.790. The highest BCUT2D eigenvalue weighted by molar-refractivity contribution is 5.92. The standard InChI is InChI=1S/C18H20N4O3/c1-12-6-17(21-25-12)18(23)22-4-5-24-11-14(10-22)7-13-2-3-16-15(8-13)9-19-20-16/h2-3,6,8-9,14H,4-5,7,10-11H2,1H3,(H,19,20). The third-order valence-electron chi connectivity index (χ3n) is 4.50. The smallest absolute Gasteiger partial charge is 0.276 e. The number of aromatic nitrogens is 3. The van der Waals surface area contributed by atoms with Crippen LogP contribution in [0.5, 0.6) is 0 Å². The van der Waals surface area contributed by atoms with E-state index in [-0.39, 0.29) is 11.8 Å². The second-order valence-electron chi connectivity index (χ2n) is 6.51. The van der Waals surface area contributed by atoms with Crippen LogP contribution in [0.1, 0.15) is 21.8 Å². The Morgan fingerprint density at radius 3 is 3.16 bits per heavy atom. The number of rotatable bonds is 3. The first-order valence-corrected chi connectivity index (χ1v) is 8.41. The molecule has 1 fully saturated rings. The Hall–Kier alpha value is -2.67. The van der Waals surface area contributed by atoms with Gasteiger partial charge in [0.2, 0.25) is 0 Å². The van der Waals surface area contributed by atoms with Gasteiger partial charge in [-0.05, 0) is 31.0 Å². The monoisotopic (exact) mass is 340 g/mol. The number of H-pyrrole nitrogens is 1. The minimum atomic E-state index is -0.0994. The van der Waals surface area contributed by atoms with Gasteiger partial charge in [-0.2, -0.15) is 5.10 Å². The summed E-state index contributed by atoms with van der Waals surface area (Å²) in [4.78, 5) is 14.5. The van der Waals surface area contributed by atoms with E-state index in [1.807, 2.05) is 17.2 Å². The largest absolute Gasteiger partial charge is 0.379 e. The molecule has 0 bridgehead atoms. The lowest BCUT2D eigenvalue weighted by Crippen LogP contribution is -2.36. The van der Waals surface area contributed by atoms with Gasteiger partial charge in [-0.25, -0.2) is 0 Å². The Labute approximate surface area is 144 Å². The Morgan fingerprint density at radius 1 is 1.40 bits per heavy atom. The number of amides is 1. The third-order valence-corrected chi connectivity index (χ3v) is 4.50. The molecule has 1 amide bonds. The fourth-order valence-electron chi connectivity index (χ4n) is 3.27. The summed E-state index contributed by atoms with van der Waals surface area (Å²) in [5.41, 5.74) is 2.60. The van der Waals surface area contributed by atoms with Crippen LogP contribution in [0.15, 0.2) is 35.0 Å². The molecule has 1 aromatic carbocycles. The number of hydrogen-bond acceptors (Lipinski definition) is 5. The first-order valence-electron chi connectivity index (χ1n) is 8.41. The molecule has 0 saturated carbocycles. The van der Waals surface area contributed by atoms with Crippen molar-refractivity contribution < 1.29 is 14.1 Å². The molecule has 7 nitrogen and oxygen atoms in total. The average Bonchev–Trinajstić information content (AvgIpc) is 3.18. The predicted octanol–water partition coefficient (Wildman–Crippen LogP) is 2.19. The second-order valence-corrected chi connectivity index (χ2v) is 6.51. The van der Waals surface area contributed by atoms with E-state index >= 15 is 0 Å². The number of hydrogen-bond donors (Lipinski definition) is 1. The van der Waals surface area contributed by atoms with E-state index in [4.69, 9.17) is 9.26 Å². The Balaban J connectivity index is 1.48. The number of benzene rings is 1. The van der Waals surface area contributed by atoms with Crippen LogP contribution in [0.2, 0.25) is 0 Å². The van der Waals surface area contributed by atoms with Gasteiger partial charge in [0.1, 0.15) is 5.76 Å². The predicted molar refractivity (Wildman–Crippen MR) is 91.3 cm³/mol. The minimum Gasteiger partial charge on any atom is -0.379 e. The average molecular weight is 340 g/mol. The lowest BCUT2D eigenvalue weighted by Gasteiger charge is -2.22. The number of aromatic amines is 1. The normalized spacial score (nSPS) is 18.4. The molecule has 1 unspecified atom stereocenters. The van der Waals surface area contributed by atoms with Crippen LogP contribution in [0.25, 0.3) is 10.9 Å². The molecule has 0 aliphatic carbocycles. The van der Waals surface area contributed by atoms with E-state index in [0.717, 1.165) is 17.3 Å². The van der Waals surface area contributed by atoms with Crippen LogP contribution >= 0.6 is 0 Å². The number of nitrogens with one attached hydrogen (secondary N) is 1. The Morgan fingerprint density at radius 2 is 2.32 bits per heavy atom. The number of ether oxygens (including phenoxy) is 1. The van der Waals surface area contributed by atoms with Crippen molar-refractivity contribution in [3.8, 4) is 0 Å². The van der Waals surface area contributed by atoms with Crippen molar-refractivity contribution in [1.29, 1.82) is 0 Å². The van der Waals surface area contributed by atoms with Gasteiger partial charge in [-0.3, -0.25) is 9.89 Å². The zero-order valence-corrected chi connectivity index (χ0v) is 14.1. The van der Waals surface area contributed by atoms with Crippen LogP contribution in [0, 0.1) is 12.8 Å². The third kappa shape index (κ3) is 3.41. The van der Waals surface area contributed by atoms with E-state index in [9.17, 15) is 4.79 Å². The molecule has 2 aromatic heterocycles. The van der Waals surface area contributed by atoms with Gasteiger partial charge in [-0.1, -0.05) is 11.2 Å². The zero-order chi connectivity index (χ0) is 17.2. The summed E-state index contributed by atoms with van der Waals surface area (Å²) in [7, 11) is 0. The molecule has 1 N–H and O–H groups in total. The molecule has 0 spiro atoms. The molecule has 3 aromatic rings. The van der Waals surface area contributed by atoms with Crippen LogP contribution in [-0.4, -0.2) is 52.5 Å². The topological polar surface area (TPSA) is 84.2 Å². The van der Waals surface area contributed by atoms with Gasteiger partial charge in [0, 0.05) is 30.5 Å². The number of carbonyl (C=O) groups is 1. The summed E-state index contributed by atoms with van der Waals surface area (Å²) in [6.07, 6.45) is 2.67. The van der Waals surface area contributed by atoms with Crippen molar-refractivity contribution in [1.82, 2.24) is 20.3 Å². The van der Waals surface area contributed by atoms with Crippen molar-refractivity contribution in [2.75, 3.05) is 26.3 Å². The molecular formula is C18H20N4O3.